The second kappa shape index (κ2) is 6.42. The van der Waals surface area contributed by atoms with Crippen LogP contribution >= 0.6 is 0 Å². The second-order valence-corrected chi connectivity index (χ2v) is 3.26. The molecule has 0 aromatic heterocycles. The third-order valence-electron chi connectivity index (χ3n) is 2.29. The SMILES string of the molecule is C#CCNC(C#N)c1ccc(OC)cc1OC. The summed E-state index contributed by atoms with van der Waals surface area (Å²) in [4.78, 5) is 0. The van der Waals surface area contributed by atoms with Crippen LogP contribution in [0.3, 0.4) is 0 Å². The summed E-state index contributed by atoms with van der Waals surface area (Å²) in [5.74, 6) is 3.71. The van der Waals surface area contributed by atoms with Gasteiger partial charge >= 0.3 is 0 Å². The zero-order chi connectivity index (χ0) is 12.7. The van der Waals surface area contributed by atoms with Crippen LogP contribution in [0.15, 0.2) is 18.2 Å². The summed E-state index contributed by atoms with van der Waals surface area (Å²) >= 11 is 0. The van der Waals surface area contributed by atoms with Crippen LogP contribution in [0.25, 0.3) is 0 Å². The quantitative estimate of drug-likeness (QED) is 0.779. The van der Waals surface area contributed by atoms with E-state index >= 15 is 0 Å². The van der Waals surface area contributed by atoms with Crippen molar-refractivity contribution in [2.45, 2.75) is 6.04 Å². The van der Waals surface area contributed by atoms with Crippen LogP contribution in [-0.4, -0.2) is 20.8 Å². The number of hydrogen-bond donors (Lipinski definition) is 1. The van der Waals surface area contributed by atoms with Crippen LogP contribution in [0.2, 0.25) is 0 Å². The second-order valence-electron chi connectivity index (χ2n) is 3.26. The Bertz CT molecular complexity index is 457. The van der Waals surface area contributed by atoms with Gasteiger partial charge in [0.1, 0.15) is 17.5 Å². The first-order valence-corrected chi connectivity index (χ1v) is 5.05. The molecule has 1 rings (SSSR count). The van der Waals surface area contributed by atoms with E-state index in [1.165, 1.54) is 0 Å². The molecule has 1 N–H and O–H groups in total. The smallest absolute Gasteiger partial charge is 0.128 e. The number of hydrogen-bond acceptors (Lipinski definition) is 4. The van der Waals surface area contributed by atoms with E-state index in [0.717, 1.165) is 5.56 Å². The predicted octanol–water partition coefficient (Wildman–Crippen LogP) is 1.49. The van der Waals surface area contributed by atoms with Crippen molar-refractivity contribution >= 4 is 0 Å². The number of ether oxygens (including phenoxy) is 2. The zero-order valence-electron chi connectivity index (χ0n) is 9.86. The molecule has 0 spiro atoms. The van der Waals surface area contributed by atoms with Crippen molar-refractivity contribution in [1.29, 1.82) is 5.26 Å². The lowest BCUT2D eigenvalue weighted by Gasteiger charge is -2.14. The standard InChI is InChI=1S/C13H14N2O2/c1-4-7-15-12(9-14)11-6-5-10(16-2)8-13(11)17-3/h1,5-6,8,12,15H,7H2,2-3H3. The molecule has 0 aliphatic rings. The molecule has 4 heteroatoms. The van der Waals surface area contributed by atoms with Gasteiger partial charge in [0.2, 0.25) is 0 Å². The first-order valence-electron chi connectivity index (χ1n) is 5.05. The highest BCUT2D eigenvalue weighted by atomic mass is 16.5. The highest BCUT2D eigenvalue weighted by Crippen LogP contribution is 2.29. The zero-order valence-corrected chi connectivity index (χ0v) is 9.86. The molecule has 4 nitrogen and oxygen atoms in total. The Hall–Kier alpha value is -2.17. The number of terminal acetylenes is 1. The summed E-state index contributed by atoms with van der Waals surface area (Å²) in [5.41, 5.74) is 0.742. The highest BCUT2D eigenvalue weighted by Gasteiger charge is 2.15. The number of nitriles is 1. The van der Waals surface area contributed by atoms with Crippen molar-refractivity contribution < 1.29 is 9.47 Å². The van der Waals surface area contributed by atoms with Crippen LogP contribution in [0.1, 0.15) is 11.6 Å². The Balaban J connectivity index is 3.03. The molecule has 0 bridgehead atoms. The van der Waals surface area contributed by atoms with Crippen molar-refractivity contribution in [1.82, 2.24) is 5.32 Å². The third-order valence-corrected chi connectivity index (χ3v) is 2.29. The molecule has 0 aliphatic heterocycles. The monoisotopic (exact) mass is 230 g/mol. The van der Waals surface area contributed by atoms with Crippen LogP contribution in [0.5, 0.6) is 11.5 Å². The Morgan fingerprint density at radius 3 is 2.71 bits per heavy atom. The Labute approximate surface area is 101 Å². The maximum absolute atomic E-state index is 9.08. The average Bonchev–Trinajstić information content (AvgIpc) is 2.39. The van der Waals surface area contributed by atoms with Gasteiger partial charge in [0, 0.05) is 11.6 Å². The lowest BCUT2D eigenvalue weighted by atomic mass is 10.1. The van der Waals surface area contributed by atoms with E-state index in [0.29, 0.717) is 18.0 Å². The van der Waals surface area contributed by atoms with Gasteiger partial charge in [0.25, 0.3) is 0 Å². The van der Waals surface area contributed by atoms with Crippen LogP contribution in [0, 0.1) is 23.7 Å². The van der Waals surface area contributed by atoms with E-state index in [1.807, 2.05) is 0 Å². The Morgan fingerprint density at radius 2 is 2.18 bits per heavy atom. The largest absolute Gasteiger partial charge is 0.497 e. The van der Waals surface area contributed by atoms with E-state index in [2.05, 4.69) is 17.3 Å². The van der Waals surface area contributed by atoms with Crippen molar-refractivity contribution in [3.8, 4) is 29.9 Å². The predicted molar refractivity (Wildman–Crippen MR) is 64.7 cm³/mol. The summed E-state index contributed by atoms with van der Waals surface area (Å²) in [6.45, 7) is 0.327. The average molecular weight is 230 g/mol. The first-order chi connectivity index (χ1) is 8.26. The van der Waals surface area contributed by atoms with E-state index in [9.17, 15) is 0 Å². The lowest BCUT2D eigenvalue weighted by Crippen LogP contribution is -2.20. The summed E-state index contributed by atoms with van der Waals surface area (Å²) in [5, 5.41) is 12.0. The van der Waals surface area contributed by atoms with Gasteiger partial charge in [-0.05, 0) is 12.1 Å². The summed E-state index contributed by atoms with van der Waals surface area (Å²) in [6, 6.07) is 6.94. The van der Waals surface area contributed by atoms with E-state index < -0.39 is 6.04 Å². The molecular formula is C13H14N2O2. The molecule has 0 heterocycles. The van der Waals surface area contributed by atoms with Gasteiger partial charge < -0.3 is 9.47 Å². The maximum Gasteiger partial charge on any atom is 0.128 e. The molecule has 1 aromatic rings. The van der Waals surface area contributed by atoms with Gasteiger partial charge in [-0.3, -0.25) is 5.32 Å². The maximum atomic E-state index is 9.08. The molecule has 88 valence electrons. The molecule has 1 atom stereocenters. The summed E-state index contributed by atoms with van der Waals surface area (Å²) < 4.78 is 10.3. The van der Waals surface area contributed by atoms with Gasteiger partial charge in [-0.15, -0.1) is 6.42 Å². The minimum absolute atomic E-state index is 0.327. The van der Waals surface area contributed by atoms with Gasteiger partial charge in [-0.25, -0.2) is 0 Å². The molecule has 0 amide bonds. The number of nitrogens with one attached hydrogen (secondary N) is 1. The minimum Gasteiger partial charge on any atom is -0.497 e. The van der Waals surface area contributed by atoms with E-state index in [-0.39, 0.29) is 0 Å². The van der Waals surface area contributed by atoms with Gasteiger partial charge in [0.05, 0.1) is 26.8 Å². The highest BCUT2D eigenvalue weighted by molar-refractivity contribution is 5.44. The number of rotatable bonds is 5. The molecule has 1 unspecified atom stereocenters. The van der Waals surface area contributed by atoms with Crippen LogP contribution in [0.4, 0.5) is 0 Å². The molecular weight excluding hydrogens is 216 g/mol. The van der Waals surface area contributed by atoms with Gasteiger partial charge in [0.15, 0.2) is 0 Å². The van der Waals surface area contributed by atoms with Gasteiger partial charge in [-0.2, -0.15) is 5.26 Å². The molecule has 0 fully saturated rings. The topological polar surface area (TPSA) is 54.3 Å². The van der Waals surface area contributed by atoms with E-state index in [4.69, 9.17) is 21.2 Å². The fraction of sp³-hybridized carbons (Fsp3) is 0.308. The summed E-state index contributed by atoms with van der Waals surface area (Å²) in [7, 11) is 3.13. The summed E-state index contributed by atoms with van der Waals surface area (Å²) in [6.07, 6.45) is 5.15. The molecule has 0 radical (unpaired) electrons. The number of methoxy groups -OCH3 is 2. The number of benzene rings is 1. The molecule has 1 aromatic carbocycles. The third kappa shape index (κ3) is 3.14. The van der Waals surface area contributed by atoms with Crippen molar-refractivity contribution in [3.63, 3.8) is 0 Å². The normalized spacial score (nSPS) is 11.1. The first kappa shape index (κ1) is 12.9. The van der Waals surface area contributed by atoms with Crippen molar-refractivity contribution in [2.24, 2.45) is 0 Å². The van der Waals surface area contributed by atoms with Crippen LogP contribution < -0.4 is 14.8 Å². The molecule has 0 saturated carbocycles. The fourth-order valence-corrected chi connectivity index (χ4v) is 1.44. The Kier molecular flexibility index (Phi) is 4.87. The number of nitrogens with zero attached hydrogens (tertiary/aromatic N) is 1. The van der Waals surface area contributed by atoms with Crippen LogP contribution in [-0.2, 0) is 0 Å². The lowest BCUT2D eigenvalue weighted by molar-refractivity contribution is 0.388. The van der Waals surface area contributed by atoms with Gasteiger partial charge in [-0.1, -0.05) is 5.92 Å². The Morgan fingerprint density at radius 1 is 1.41 bits per heavy atom. The molecule has 17 heavy (non-hydrogen) atoms. The molecule has 0 saturated heterocycles. The molecule has 0 aliphatic carbocycles. The van der Waals surface area contributed by atoms with Crippen molar-refractivity contribution in [2.75, 3.05) is 20.8 Å². The van der Waals surface area contributed by atoms with E-state index in [1.54, 1.807) is 32.4 Å². The fourth-order valence-electron chi connectivity index (χ4n) is 1.44. The minimum atomic E-state index is -0.494. The van der Waals surface area contributed by atoms with Crippen molar-refractivity contribution in [3.05, 3.63) is 23.8 Å².